The number of likely N-dealkylation sites (tertiary alicyclic amines) is 2. The third-order valence-electron chi connectivity index (χ3n) is 6.16. The zero-order chi connectivity index (χ0) is 19.5. The van der Waals surface area contributed by atoms with Gasteiger partial charge in [0.05, 0.1) is 6.54 Å². The molecule has 3 aliphatic rings. The van der Waals surface area contributed by atoms with Gasteiger partial charge in [-0.05, 0) is 37.8 Å². The second kappa shape index (κ2) is 8.20. The van der Waals surface area contributed by atoms with E-state index in [4.69, 9.17) is 4.74 Å². The monoisotopic (exact) mass is 385 g/mol. The van der Waals surface area contributed by atoms with Gasteiger partial charge in [0.2, 0.25) is 5.91 Å². The highest BCUT2D eigenvalue weighted by Gasteiger charge is 2.36. The summed E-state index contributed by atoms with van der Waals surface area (Å²) >= 11 is 0. The maximum atomic E-state index is 12.9. The lowest BCUT2D eigenvalue weighted by atomic mass is 9.93. The lowest BCUT2D eigenvalue weighted by Crippen LogP contribution is -2.50. The van der Waals surface area contributed by atoms with Gasteiger partial charge in [0.15, 0.2) is 0 Å². The van der Waals surface area contributed by atoms with Crippen molar-refractivity contribution in [2.75, 3.05) is 39.3 Å². The normalized spacial score (nSPS) is 21.7. The molecule has 3 aliphatic heterocycles. The molecule has 4 rings (SSSR count). The average Bonchev–Trinajstić information content (AvgIpc) is 3.19. The van der Waals surface area contributed by atoms with Crippen molar-refractivity contribution in [3.8, 4) is 0 Å². The van der Waals surface area contributed by atoms with Crippen LogP contribution in [0.4, 0.5) is 4.79 Å². The van der Waals surface area contributed by atoms with Crippen molar-refractivity contribution in [3.63, 3.8) is 0 Å². The molecule has 3 fully saturated rings. The number of ether oxygens (including phenoxy) is 1. The molecule has 1 aromatic carbocycles. The first-order valence-corrected chi connectivity index (χ1v) is 10.2. The molecule has 28 heavy (non-hydrogen) atoms. The van der Waals surface area contributed by atoms with Gasteiger partial charge in [0, 0.05) is 43.7 Å². The van der Waals surface area contributed by atoms with Gasteiger partial charge in [0.1, 0.15) is 6.61 Å². The summed E-state index contributed by atoms with van der Waals surface area (Å²) in [6, 6.07) is 9.49. The third-order valence-corrected chi connectivity index (χ3v) is 6.16. The molecule has 0 saturated carbocycles. The molecule has 3 saturated heterocycles. The van der Waals surface area contributed by atoms with Crippen LogP contribution in [0.25, 0.3) is 0 Å². The van der Waals surface area contributed by atoms with Crippen LogP contribution in [0.15, 0.2) is 30.3 Å². The largest absolute Gasteiger partial charge is 0.448 e. The summed E-state index contributed by atoms with van der Waals surface area (Å²) in [6.45, 7) is 3.76. The molecule has 0 aliphatic carbocycles. The fourth-order valence-electron chi connectivity index (χ4n) is 4.49. The first-order chi connectivity index (χ1) is 13.6. The Balaban J connectivity index is 1.25. The van der Waals surface area contributed by atoms with E-state index in [0.717, 1.165) is 25.7 Å². The zero-order valence-corrected chi connectivity index (χ0v) is 16.1. The Hall–Kier alpha value is -2.57. The Morgan fingerprint density at radius 2 is 1.50 bits per heavy atom. The molecular formula is C21H27N3O4. The van der Waals surface area contributed by atoms with Crippen LogP contribution in [0.3, 0.4) is 0 Å². The third kappa shape index (κ3) is 3.84. The number of carbonyl (C=O) groups excluding carboxylic acids is 3. The quantitative estimate of drug-likeness (QED) is 0.798. The van der Waals surface area contributed by atoms with Crippen LogP contribution in [-0.4, -0.2) is 78.0 Å². The minimum Gasteiger partial charge on any atom is -0.448 e. The summed E-state index contributed by atoms with van der Waals surface area (Å²) in [5.74, 6) is 0.243. The van der Waals surface area contributed by atoms with E-state index in [-0.39, 0.29) is 29.9 Å². The molecule has 1 aromatic rings. The Morgan fingerprint density at radius 3 is 2.11 bits per heavy atom. The van der Waals surface area contributed by atoms with Gasteiger partial charge in [-0.3, -0.25) is 9.59 Å². The van der Waals surface area contributed by atoms with Gasteiger partial charge in [-0.1, -0.05) is 18.2 Å². The number of benzene rings is 1. The van der Waals surface area contributed by atoms with Crippen LogP contribution in [-0.2, 0) is 9.53 Å². The molecule has 7 nitrogen and oxygen atoms in total. The average molecular weight is 385 g/mol. The molecule has 0 spiro atoms. The van der Waals surface area contributed by atoms with Gasteiger partial charge in [-0.25, -0.2) is 4.79 Å². The highest BCUT2D eigenvalue weighted by Crippen LogP contribution is 2.25. The molecule has 0 bridgehead atoms. The predicted octanol–water partition coefficient (Wildman–Crippen LogP) is 1.98. The smallest absolute Gasteiger partial charge is 0.410 e. The van der Waals surface area contributed by atoms with Crippen LogP contribution in [0, 0.1) is 5.92 Å². The van der Waals surface area contributed by atoms with Crippen LogP contribution < -0.4 is 0 Å². The van der Waals surface area contributed by atoms with E-state index >= 15 is 0 Å². The lowest BCUT2D eigenvalue weighted by molar-refractivity contribution is -0.138. The Labute approximate surface area is 165 Å². The van der Waals surface area contributed by atoms with Crippen LogP contribution in [0.1, 0.15) is 36.0 Å². The van der Waals surface area contributed by atoms with Crippen LogP contribution in [0.2, 0.25) is 0 Å². The number of cyclic esters (lactones) is 1. The topological polar surface area (TPSA) is 70.2 Å². The van der Waals surface area contributed by atoms with E-state index in [9.17, 15) is 14.4 Å². The van der Waals surface area contributed by atoms with Gasteiger partial charge >= 0.3 is 6.09 Å². The maximum Gasteiger partial charge on any atom is 0.410 e. The SMILES string of the molecule is O=C(c1ccccc1)N1CCC(C(=O)N2CCC(N3CCOC3=O)CC2)CC1. The molecule has 3 amide bonds. The van der Waals surface area contributed by atoms with E-state index in [2.05, 4.69) is 0 Å². The number of amides is 3. The zero-order valence-electron chi connectivity index (χ0n) is 16.1. The molecule has 0 N–H and O–H groups in total. The molecule has 3 heterocycles. The minimum atomic E-state index is -0.222. The Kier molecular flexibility index (Phi) is 5.50. The van der Waals surface area contributed by atoms with Gasteiger partial charge in [-0.2, -0.15) is 0 Å². The molecule has 150 valence electrons. The minimum absolute atomic E-state index is 0.00637. The van der Waals surface area contributed by atoms with Gasteiger partial charge in [0.25, 0.3) is 5.91 Å². The van der Waals surface area contributed by atoms with E-state index in [1.54, 1.807) is 4.90 Å². The number of hydrogen-bond acceptors (Lipinski definition) is 4. The molecule has 0 atom stereocenters. The van der Waals surface area contributed by atoms with Crippen molar-refractivity contribution in [2.45, 2.75) is 31.7 Å². The summed E-state index contributed by atoms with van der Waals surface area (Å²) in [5.41, 5.74) is 0.704. The first kappa shape index (κ1) is 18.8. The van der Waals surface area contributed by atoms with E-state index in [1.165, 1.54) is 0 Å². The summed E-state index contributed by atoms with van der Waals surface area (Å²) in [7, 11) is 0. The van der Waals surface area contributed by atoms with Gasteiger partial charge in [-0.15, -0.1) is 0 Å². The summed E-state index contributed by atoms with van der Waals surface area (Å²) in [4.78, 5) is 42.8. The lowest BCUT2D eigenvalue weighted by Gasteiger charge is -2.39. The van der Waals surface area contributed by atoms with Crippen LogP contribution in [0.5, 0.6) is 0 Å². The van der Waals surface area contributed by atoms with Crippen molar-refractivity contribution in [3.05, 3.63) is 35.9 Å². The molecule has 0 radical (unpaired) electrons. The highest BCUT2D eigenvalue weighted by molar-refractivity contribution is 5.94. The predicted molar refractivity (Wildman–Crippen MR) is 103 cm³/mol. The van der Waals surface area contributed by atoms with Crippen molar-refractivity contribution in [1.82, 2.24) is 14.7 Å². The van der Waals surface area contributed by atoms with Crippen molar-refractivity contribution in [2.24, 2.45) is 5.92 Å². The van der Waals surface area contributed by atoms with Crippen molar-refractivity contribution in [1.29, 1.82) is 0 Å². The number of carbonyl (C=O) groups is 3. The summed E-state index contributed by atoms with van der Waals surface area (Å²) in [6.07, 6.45) is 2.84. The van der Waals surface area contributed by atoms with E-state index < -0.39 is 0 Å². The first-order valence-electron chi connectivity index (χ1n) is 10.2. The fourth-order valence-corrected chi connectivity index (χ4v) is 4.49. The second-order valence-electron chi connectivity index (χ2n) is 7.80. The molecule has 0 aromatic heterocycles. The van der Waals surface area contributed by atoms with Crippen molar-refractivity contribution < 1.29 is 19.1 Å². The standard InChI is InChI=1S/C21H27N3O4/c25-19(16-4-2-1-3-5-16)22-10-6-17(7-11-22)20(26)23-12-8-18(9-13-23)24-14-15-28-21(24)27/h1-5,17-18H,6-15H2. The van der Waals surface area contributed by atoms with Crippen molar-refractivity contribution >= 4 is 17.9 Å². The number of piperidine rings is 2. The molecular weight excluding hydrogens is 358 g/mol. The van der Waals surface area contributed by atoms with E-state index in [1.807, 2.05) is 40.1 Å². The van der Waals surface area contributed by atoms with Crippen LogP contribution >= 0.6 is 0 Å². The molecule has 0 unspecified atom stereocenters. The summed E-state index contributed by atoms with van der Waals surface area (Å²) < 4.78 is 5.02. The van der Waals surface area contributed by atoms with Gasteiger partial charge < -0.3 is 19.4 Å². The number of hydrogen-bond donors (Lipinski definition) is 0. The molecule has 7 heteroatoms. The second-order valence-corrected chi connectivity index (χ2v) is 7.80. The van der Waals surface area contributed by atoms with E-state index in [0.29, 0.717) is 44.9 Å². The maximum absolute atomic E-state index is 12.9. The number of rotatable bonds is 3. The Morgan fingerprint density at radius 1 is 0.857 bits per heavy atom. The Bertz CT molecular complexity index is 722. The fraction of sp³-hybridized carbons (Fsp3) is 0.571. The highest BCUT2D eigenvalue weighted by atomic mass is 16.6. The number of nitrogens with zero attached hydrogens (tertiary/aromatic N) is 3. The summed E-state index contributed by atoms with van der Waals surface area (Å²) in [5, 5.41) is 0.